The fourth-order valence-corrected chi connectivity index (χ4v) is 2.47. The molecule has 1 aliphatic carbocycles. The van der Waals surface area contributed by atoms with Gasteiger partial charge in [-0.15, -0.1) is 0 Å². The second kappa shape index (κ2) is 4.79. The molecule has 0 amide bonds. The van der Waals surface area contributed by atoms with Gasteiger partial charge in [-0.2, -0.15) is 0 Å². The highest BCUT2D eigenvalue weighted by Crippen LogP contribution is 2.28. The highest BCUT2D eigenvalue weighted by molar-refractivity contribution is 9.09. The molecule has 3 heteroatoms. The first kappa shape index (κ1) is 10.7. The second-order valence-electron chi connectivity index (χ2n) is 3.80. The molecule has 2 unspecified atom stereocenters. The Kier molecular flexibility index (Phi) is 3.41. The van der Waals surface area contributed by atoms with Crippen molar-refractivity contribution in [3.63, 3.8) is 0 Å². The topological polar surface area (TPSA) is 26.3 Å². The number of rotatable bonds is 2. The van der Waals surface area contributed by atoms with E-state index >= 15 is 0 Å². The van der Waals surface area contributed by atoms with Crippen LogP contribution in [0.15, 0.2) is 30.3 Å². The summed E-state index contributed by atoms with van der Waals surface area (Å²) in [5, 5.41) is 0. The Labute approximate surface area is 97.8 Å². The quantitative estimate of drug-likeness (QED) is 0.609. The SMILES string of the molecule is O=C(OC1CCC(Br)C1)c1ccccc1. The van der Waals surface area contributed by atoms with Gasteiger partial charge in [-0.1, -0.05) is 34.1 Å². The molecule has 15 heavy (non-hydrogen) atoms. The lowest BCUT2D eigenvalue weighted by atomic mass is 10.2. The molecule has 0 aliphatic heterocycles. The number of carbonyl (C=O) groups excluding carboxylic acids is 1. The Hall–Kier alpha value is -0.830. The summed E-state index contributed by atoms with van der Waals surface area (Å²) in [6, 6.07) is 9.14. The molecule has 0 N–H and O–H groups in total. The lowest BCUT2D eigenvalue weighted by Crippen LogP contribution is -2.15. The average Bonchev–Trinajstić information content (AvgIpc) is 2.65. The maximum Gasteiger partial charge on any atom is 0.338 e. The third-order valence-electron chi connectivity index (χ3n) is 2.60. The van der Waals surface area contributed by atoms with Crippen molar-refractivity contribution in [2.45, 2.75) is 30.2 Å². The highest BCUT2D eigenvalue weighted by atomic mass is 79.9. The Bertz CT molecular complexity index is 337. The number of carbonyl (C=O) groups is 1. The standard InChI is InChI=1S/C12H13BrO2/c13-10-6-7-11(8-10)15-12(14)9-4-2-1-3-5-9/h1-5,10-11H,6-8H2. The van der Waals surface area contributed by atoms with E-state index in [1.54, 1.807) is 12.1 Å². The number of ether oxygens (including phenoxy) is 1. The molecule has 0 radical (unpaired) electrons. The molecule has 1 fully saturated rings. The highest BCUT2D eigenvalue weighted by Gasteiger charge is 2.25. The third kappa shape index (κ3) is 2.81. The molecule has 1 aromatic rings. The molecule has 2 nitrogen and oxygen atoms in total. The first-order valence-electron chi connectivity index (χ1n) is 5.16. The van der Waals surface area contributed by atoms with Gasteiger partial charge in [0, 0.05) is 4.83 Å². The van der Waals surface area contributed by atoms with Gasteiger partial charge in [-0.25, -0.2) is 4.79 Å². The lowest BCUT2D eigenvalue weighted by molar-refractivity contribution is 0.0319. The first-order chi connectivity index (χ1) is 7.25. The molecule has 2 rings (SSSR count). The maximum absolute atomic E-state index is 11.7. The number of hydrogen-bond donors (Lipinski definition) is 0. The van der Waals surface area contributed by atoms with E-state index in [2.05, 4.69) is 15.9 Å². The number of hydrogen-bond acceptors (Lipinski definition) is 2. The van der Waals surface area contributed by atoms with Gasteiger partial charge in [-0.3, -0.25) is 0 Å². The zero-order valence-electron chi connectivity index (χ0n) is 8.36. The normalized spacial score (nSPS) is 25.1. The molecule has 0 bridgehead atoms. The van der Waals surface area contributed by atoms with Crippen LogP contribution in [0, 0.1) is 0 Å². The number of halogens is 1. The third-order valence-corrected chi connectivity index (χ3v) is 3.44. The van der Waals surface area contributed by atoms with Crippen LogP contribution in [-0.2, 0) is 4.74 Å². The number of alkyl halides is 1. The van der Waals surface area contributed by atoms with Crippen LogP contribution in [0.5, 0.6) is 0 Å². The Morgan fingerprint density at radius 3 is 2.60 bits per heavy atom. The summed E-state index contributed by atoms with van der Waals surface area (Å²) in [5.74, 6) is -0.206. The van der Waals surface area contributed by atoms with Gasteiger partial charge < -0.3 is 4.74 Å². The van der Waals surface area contributed by atoms with Crippen LogP contribution >= 0.6 is 15.9 Å². The summed E-state index contributed by atoms with van der Waals surface area (Å²) < 4.78 is 5.40. The maximum atomic E-state index is 11.7. The Balaban J connectivity index is 1.93. The van der Waals surface area contributed by atoms with Crippen molar-refractivity contribution in [1.29, 1.82) is 0 Å². The summed E-state index contributed by atoms with van der Waals surface area (Å²) in [4.78, 5) is 12.2. The molecule has 2 atom stereocenters. The fraction of sp³-hybridized carbons (Fsp3) is 0.417. The molecule has 0 heterocycles. The van der Waals surface area contributed by atoms with Crippen molar-refractivity contribution in [3.8, 4) is 0 Å². The summed E-state index contributed by atoms with van der Waals surface area (Å²) in [6.07, 6.45) is 3.07. The largest absolute Gasteiger partial charge is 0.459 e. The van der Waals surface area contributed by atoms with Gasteiger partial charge in [-0.05, 0) is 31.4 Å². The van der Waals surface area contributed by atoms with Crippen LogP contribution in [-0.4, -0.2) is 16.9 Å². The molecular weight excluding hydrogens is 256 g/mol. The molecular formula is C12H13BrO2. The monoisotopic (exact) mass is 268 g/mol. The van der Waals surface area contributed by atoms with Crippen molar-refractivity contribution in [2.75, 3.05) is 0 Å². The molecule has 0 spiro atoms. The summed E-state index contributed by atoms with van der Waals surface area (Å²) in [7, 11) is 0. The van der Waals surface area contributed by atoms with E-state index in [1.807, 2.05) is 18.2 Å². The van der Waals surface area contributed by atoms with Crippen molar-refractivity contribution in [3.05, 3.63) is 35.9 Å². The van der Waals surface area contributed by atoms with E-state index in [0.717, 1.165) is 19.3 Å². The summed E-state index contributed by atoms with van der Waals surface area (Å²) in [6.45, 7) is 0. The Morgan fingerprint density at radius 1 is 1.27 bits per heavy atom. The zero-order chi connectivity index (χ0) is 10.7. The number of benzene rings is 1. The van der Waals surface area contributed by atoms with Crippen LogP contribution in [0.1, 0.15) is 29.6 Å². The smallest absolute Gasteiger partial charge is 0.338 e. The van der Waals surface area contributed by atoms with Crippen LogP contribution in [0.2, 0.25) is 0 Å². The van der Waals surface area contributed by atoms with Gasteiger partial charge in [0.1, 0.15) is 6.10 Å². The predicted molar refractivity (Wildman–Crippen MR) is 62.2 cm³/mol. The van der Waals surface area contributed by atoms with Crippen molar-refractivity contribution in [1.82, 2.24) is 0 Å². The fourth-order valence-electron chi connectivity index (χ4n) is 1.79. The van der Waals surface area contributed by atoms with Gasteiger partial charge in [0.2, 0.25) is 0 Å². The van der Waals surface area contributed by atoms with Gasteiger partial charge in [0.25, 0.3) is 0 Å². The van der Waals surface area contributed by atoms with E-state index in [-0.39, 0.29) is 12.1 Å². The molecule has 1 aliphatic rings. The average molecular weight is 269 g/mol. The molecule has 0 saturated heterocycles. The van der Waals surface area contributed by atoms with Crippen LogP contribution < -0.4 is 0 Å². The zero-order valence-corrected chi connectivity index (χ0v) is 9.94. The van der Waals surface area contributed by atoms with E-state index in [1.165, 1.54) is 0 Å². The summed E-state index contributed by atoms with van der Waals surface area (Å²) >= 11 is 3.53. The van der Waals surface area contributed by atoms with Crippen LogP contribution in [0.3, 0.4) is 0 Å². The van der Waals surface area contributed by atoms with Gasteiger partial charge in [0.05, 0.1) is 5.56 Å². The molecule has 0 aromatic heterocycles. The molecule has 1 saturated carbocycles. The van der Waals surface area contributed by atoms with E-state index in [9.17, 15) is 4.79 Å². The van der Waals surface area contributed by atoms with Gasteiger partial charge in [0.15, 0.2) is 0 Å². The molecule has 80 valence electrons. The lowest BCUT2D eigenvalue weighted by Gasteiger charge is -2.11. The van der Waals surface area contributed by atoms with Crippen LogP contribution in [0.4, 0.5) is 0 Å². The minimum atomic E-state index is -0.206. The second-order valence-corrected chi connectivity index (χ2v) is 5.10. The summed E-state index contributed by atoms with van der Waals surface area (Å²) in [5.41, 5.74) is 0.635. The Morgan fingerprint density at radius 2 is 2.00 bits per heavy atom. The minimum Gasteiger partial charge on any atom is -0.459 e. The number of esters is 1. The van der Waals surface area contributed by atoms with Crippen LogP contribution in [0.25, 0.3) is 0 Å². The minimum absolute atomic E-state index is 0.0853. The van der Waals surface area contributed by atoms with Crippen molar-refractivity contribution >= 4 is 21.9 Å². The van der Waals surface area contributed by atoms with Gasteiger partial charge >= 0.3 is 5.97 Å². The predicted octanol–water partition coefficient (Wildman–Crippen LogP) is 3.16. The van der Waals surface area contributed by atoms with Crippen molar-refractivity contribution < 1.29 is 9.53 Å². The van der Waals surface area contributed by atoms with E-state index in [0.29, 0.717) is 10.4 Å². The van der Waals surface area contributed by atoms with E-state index < -0.39 is 0 Å². The van der Waals surface area contributed by atoms with Crippen molar-refractivity contribution in [2.24, 2.45) is 0 Å². The first-order valence-corrected chi connectivity index (χ1v) is 6.07. The van der Waals surface area contributed by atoms with E-state index in [4.69, 9.17) is 4.74 Å². The molecule has 1 aromatic carbocycles.